The first-order chi connectivity index (χ1) is 14.0. The molecule has 0 fully saturated rings. The molecule has 2 aromatic heterocycles. The average molecular weight is 409 g/mol. The van der Waals surface area contributed by atoms with Crippen molar-refractivity contribution in [2.45, 2.75) is 13.5 Å². The molecule has 0 radical (unpaired) electrons. The van der Waals surface area contributed by atoms with Gasteiger partial charge in [0, 0.05) is 5.69 Å². The molecular formula is C21H16FN3O3S. The van der Waals surface area contributed by atoms with Gasteiger partial charge in [0.2, 0.25) is 5.91 Å². The van der Waals surface area contributed by atoms with Crippen molar-refractivity contribution in [2.75, 3.05) is 5.32 Å². The van der Waals surface area contributed by atoms with Crippen LogP contribution in [0.3, 0.4) is 0 Å². The van der Waals surface area contributed by atoms with E-state index in [4.69, 9.17) is 0 Å². The summed E-state index contributed by atoms with van der Waals surface area (Å²) in [7, 11) is 0. The molecule has 0 saturated carbocycles. The molecule has 0 aliphatic carbocycles. The van der Waals surface area contributed by atoms with E-state index in [-0.39, 0.29) is 6.54 Å². The van der Waals surface area contributed by atoms with E-state index >= 15 is 0 Å². The number of carbonyl (C=O) groups excluding carboxylic acids is 1. The Balaban J connectivity index is 1.76. The summed E-state index contributed by atoms with van der Waals surface area (Å²) < 4.78 is 16.4. The highest BCUT2D eigenvalue weighted by Crippen LogP contribution is 2.17. The lowest BCUT2D eigenvalue weighted by Gasteiger charge is -2.12. The standard InChI is InChI=1S/C21H16FN3O3S/c1-13-7-8-14(11-16(13)22)23-18(26)12-24-17-9-10-29-19(17)20(27)25(21(24)28)15-5-3-2-4-6-15/h2-11H,12H2,1H3,(H,23,26). The summed E-state index contributed by atoms with van der Waals surface area (Å²) in [5.41, 5.74) is 0.536. The van der Waals surface area contributed by atoms with Crippen molar-refractivity contribution in [1.29, 1.82) is 0 Å². The summed E-state index contributed by atoms with van der Waals surface area (Å²) in [6.45, 7) is 1.31. The van der Waals surface area contributed by atoms with Crippen LogP contribution in [0.15, 0.2) is 69.6 Å². The lowest BCUT2D eigenvalue weighted by molar-refractivity contribution is -0.116. The normalized spacial score (nSPS) is 11.0. The number of benzene rings is 2. The molecule has 29 heavy (non-hydrogen) atoms. The minimum Gasteiger partial charge on any atom is -0.324 e. The highest BCUT2D eigenvalue weighted by atomic mass is 32.1. The van der Waals surface area contributed by atoms with Crippen molar-refractivity contribution >= 4 is 33.1 Å². The number of carbonyl (C=O) groups is 1. The topological polar surface area (TPSA) is 73.1 Å². The lowest BCUT2D eigenvalue weighted by atomic mass is 10.2. The minimum atomic E-state index is -0.614. The Morgan fingerprint density at radius 2 is 1.86 bits per heavy atom. The Morgan fingerprint density at radius 3 is 2.59 bits per heavy atom. The van der Waals surface area contributed by atoms with Crippen LogP contribution in [0.4, 0.5) is 10.1 Å². The van der Waals surface area contributed by atoms with Crippen LogP contribution in [0, 0.1) is 12.7 Å². The molecule has 0 atom stereocenters. The third kappa shape index (κ3) is 3.50. The number of nitrogens with zero attached hydrogens (tertiary/aromatic N) is 2. The minimum absolute atomic E-state index is 0.295. The molecule has 8 heteroatoms. The van der Waals surface area contributed by atoms with Crippen molar-refractivity contribution in [1.82, 2.24) is 9.13 Å². The van der Waals surface area contributed by atoms with Crippen molar-refractivity contribution in [3.05, 3.63) is 92.2 Å². The third-order valence-corrected chi connectivity index (χ3v) is 5.42. The van der Waals surface area contributed by atoms with Crippen LogP contribution in [-0.4, -0.2) is 15.0 Å². The Labute approximate surface area is 168 Å². The van der Waals surface area contributed by atoms with Gasteiger partial charge in [-0.15, -0.1) is 11.3 Å². The van der Waals surface area contributed by atoms with Gasteiger partial charge in [-0.25, -0.2) is 13.8 Å². The predicted octanol–water partition coefficient (Wildman–Crippen LogP) is 3.30. The molecule has 4 aromatic rings. The molecule has 6 nitrogen and oxygen atoms in total. The Kier molecular flexibility index (Phi) is 4.85. The summed E-state index contributed by atoms with van der Waals surface area (Å²) in [4.78, 5) is 38.5. The maximum Gasteiger partial charge on any atom is 0.336 e. The second-order valence-electron chi connectivity index (χ2n) is 6.49. The molecule has 4 rings (SSSR count). The van der Waals surface area contributed by atoms with E-state index in [2.05, 4.69) is 5.32 Å². The maximum absolute atomic E-state index is 13.7. The zero-order chi connectivity index (χ0) is 20.5. The Morgan fingerprint density at radius 1 is 1.10 bits per heavy atom. The molecule has 2 heterocycles. The molecule has 0 unspecified atom stereocenters. The molecule has 0 saturated heterocycles. The van der Waals surface area contributed by atoms with Gasteiger partial charge in [0.25, 0.3) is 5.56 Å². The molecule has 0 spiro atoms. The first-order valence-electron chi connectivity index (χ1n) is 8.80. The summed E-state index contributed by atoms with van der Waals surface area (Å²) in [5.74, 6) is -0.932. The van der Waals surface area contributed by atoms with E-state index in [1.54, 1.807) is 60.8 Å². The van der Waals surface area contributed by atoms with E-state index in [1.807, 2.05) is 0 Å². The largest absolute Gasteiger partial charge is 0.336 e. The van der Waals surface area contributed by atoms with Crippen LogP contribution in [-0.2, 0) is 11.3 Å². The van der Waals surface area contributed by atoms with Crippen molar-refractivity contribution in [2.24, 2.45) is 0 Å². The number of para-hydroxylation sites is 1. The SMILES string of the molecule is Cc1ccc(NC(=O)Cn2c(=O)n(-c3ccccc3)c(=O)c3sccc32)cc1F. The van der Waals surface area contributed by atoms with Crippen LogP contribution in [0.2, 0.25) is 0 Å². The molecule has 146 valence electrons. The third-order valence-electron chi connectivity index (χ3n) is 4.53. The molecule has 0 bridgehead atoms. The lowest BCUT2D eigenvalue weighted by Crippen LogP contribution is -2.40. The van der Waals surface area contributed by atoms with E-state index in [0.717, 1.165) is 4.57 Å². The van der Waals surface area contributed by atoms with Crippen LogP contribution >= 0.6 is 11.3 Å². The number of amides is 1. The number of hydrogen-bond donors (Lipinski definition) is 1. The number of hydrogen-bond acceptors (Lipinski definition) is 4. The fourth-order valence-electron chi connectivity index (χ4n) is 3.06. The smallest absolute Gasteiger partial charge is 0.324 e. The van der Waals surface area contributed by atoms with Gasteiger partial charge in [-0.2, -0.15) is 0 Å². The van der Waals surface area contributed by atoms with E-state index in [1.165, 1.54) is 22.0 Å². The first-order valence-corrected chi connectivity index (χ1v) is 9.68. The number of aromatic nitrogens is 2. The van der Waals surface area contributed by atoms with E-state index in [9.17, 15) is 18.8 Å². The summed E-state index contributed by atoms with van der Waals surface area (Å²) >= 11 is 1.21. The summed E-state index contributed by atoms with van der Waals surface area (Å²) in [6, 6.07) is 14.5. The quantitative estimate of drug-likeness (QED) is 0.562. The Bertz CT molecular complexity index is 1340. The summed E-state index contributed by atoms with van der Waals surface area (Å²) in [6.07, 6.45) is 0. The molecule has 0 aliphatic rings. The monoisotopic (exact) mass is 409 g/mol. The zero-order valence-electron chi connectivity index (χ0n) is 15.4. The Hall–Kier alpha value is -3.52. The van der Waals surface area contributed by atoms with Gasteiger partial charge in [-0.05, 0) is 48.2 Å². The van der Waals surface area contributed by atoms with Gasteiger partial charge in [0.05, 0.1) is 11.2 Å². The number of thiophene rings is 1. The van der Waals surface area contributed by atoms with Crippen LogP contribution in [0.25, 0.3) is 15.9 Å². The number of fused-ring (bicyclic) bond motifs is 1. The average Bonchev–Trinajstić information content (AvgIpc) is 3.19. The number of aryl methyl sites for hydroxylation is 1. The van der Waals surface area contributed by atoms with Gasteiger partial charge >= 0.3 is 5.69 Å². The van der Waals surface area contributed by atoms with Gasteiger partial charge in [-0.1, -0.05) is 24.3 Å². The molecule has 0 aliphatic heterocycles. The molecular weight excluding hydrogens is 393 g/mol. The number of rotatable bonds is 4. The second-order valence-corrected chi connectivity index (χ2v) is 7.41. The van der Waals surface area contributed by atoms with E-state index in [0.29, 0.717) is 27.2 Å². The highest BCUT2D eigenvalue weighted by molar-refractivity contribution is 7.17. The van der Waals surface area contributed by atoms with E-state index < -0.39 is 23.0 Å². The fourth-order valence-corrected chi connectivity index (χ4v) is 3.88. The summed E-state index contributed by atoms with van der Waals surface area (Å²) in [5, 5.41) is 4.29. The van der Waals surface area contributed by atoms with Crippen molar-refractivity contribution < 1.29 is 9.18 Å². The van der Waals surface area contributed by atoms with Crippen LogP contribution in [0.5, 0.6) is 0 Å². The molecule has 2 aromatic carbocycles. The molecule has 1 N–H and O–H groups in total. The van der Waals surface area contributed by atoms with Gasteiger partial charge in [-0.3, -0.25) is 14.2 Å². The fraction of sp³-hybridized carbons (Fsp3) is 0.0952. The molecule has 1 amide bonds. The van der Waals surface area contributed by atoms with Crippen molar-refractivity contribution in [3.8, 4) is 5.69 Å². The number of anilines is 1. The number of nitrogens with one attached hydrogen (secondary N) is 1. The number of halogens is 1. The second kappa shape index (κ2) is 7.48. The van der Waals surface area contributed by atoms with Gasteiger partial charge in [0.15, 0.2) is 0 Å². The van der Waals surface area contributed by atoms with Crippen LogP contribution in [0.1, 0.15) is 5.56 Å². The van der Waals surface area contributed by atoms with Gasteiger partial charge in [0.1, 0.15) is 17.1 Å². The van der Waals surface area contributed by atoms with Crippen LogP contribution < -0.4 is 16.6 Å². The van der Waals surface area contributed by atoms with Crippen molar-refractivity contribution in [3.63, 3.8) is 0 Å². The first kappa shape index (κ1) is 18.8. The van der Waals surface area contributed by atoms with Gasteiger partial charge < -0.3 is 5.32 Å². The zero-order valence-corrected chi connectivity index (χ0v) is 16.2. The highest BCUT2D eigenvalue weighted by Gasteiger charge is 2.17. The maximum atomic E-state index is 13.7. The predicted molar refractivity (Wildman–Crippen MR) is 111 cm³/mol.